The van der Waals surface area contributed by atoms with Gasteiger partial charge in [0.25, 0.3) is 11.4 Å². The van der Waals surface area contributed by atoms with Crippen molar-refractivity contribution in [1.82, 2.24) is 19.5 Å². The van der Waals surface area contributed by atoms with Gasteiger partial charge in [-0.15, -0.1) is 0 Å². The summed E-state index contributed by atoms with van der Waals surface area (Å²) < 4.78 is 17.8. The van der Waals surface area contributed by atoms with Gasteiger partial charge in [-0.25, -0.2) is 19.7 Å². The Morgan fingerprint density at radius 2 is 2.00 bits per heavy atom. The van der Waals surface area contributed by atoms with Crippen molar-refractivity contribution in [2.45, 2.75) is 13.2 Å². The molecule has 0 unspecified atom stereocenters. The van der Waals surface area contributed by atoms with Crippen LogP contribution in [0.4, 0.5) is 5.69 Å². The summed E-state index contributed by atoms with van der Waals surface area (Å²) in [6, 6.07) is 5.79. The second kappa shape index (κ2) is 8.40. The summed E-state index contributed by atoms with van der Waals surface area (Å²) in [7, 11) is 1.39. The molecule has 0 fully saturated rings. The molecule has 1 aliphatic rings. The molecule has 12 heteroatoms. The lowest BCUT2D eigenvalue weighted by Gasteiger charge is -2.06. The van der Waals surface area contributed by atoms with Crippen molar-refractivity contribution >= 4 is 34.4 Å². The lowest BCUT2D eigenvalue weighted by Crippen LogP contribution is -2.04. The Hall–Kier alpha value is -3.99. The van der Waals surface area contributed by atoms with Gasteiger partial charge in [0, 0.05) is 18.7 Å². The number of nitrogens with zero attached hydrogens (tertiary/aromatic N) is 5. The first kappa shape index (κ1) is 20.3. The van der Waals surface area contributed by atoms with Gasteiger partial charge in [-0.3, -0.25) is 10.1 Å². The SMILES string of the molecule is COC1=C(OCc2ccc([N+](=O)[O-])cc2)C(=O)O/C1=C/Cn1cnc2c(Cl)ncnc21. The maximum atomic E-state index is 12.3. The Bertz CT molecular complexity index is 1230. The Morgan fingerprint density at radius 3 is 2.71 bits per heavy atom. The summed E-state index contributed by atoms with van der Waals surface area (Å²) in [5.74, 6) is -0.462. The zero-order valence-electron chi connectivity index (χ0n) is 16.0. The minimum Gasteiger partial charge on any atom is -0.490 e. The number of cyclic esters (lactones) is 1. The highest BCUT2D eigenvalue weighted by atomic mass is 35.5. The number of carbonyl (C=O) groups excluding carboxylic acids is 1. The van der Waals surface area contributed by atoms with Gasteiger partial charge in [-0.1, -0.05) is 11.6 Å². The second-order valence-electron chi connectivity index (χ2n) is 6.27. The Morgan fingerprint density at radius 1 is 1.23 bits per heavy atom. The number of carbonyl (C=O) groups is 1. The lowest BCUT2D eigenvalue weighted by molar-refractivity contribution is -0.384. The normalized spacial score (nSPS) is 14.9. The topological polar surface area (TPSA) is 132 Å². The van der Waals surface area contributed by atoms with Gasteiger partial charge in [0.15, 0.2) is 16.6 Å². The minimum absolute atomic E-state index is 0.00411. The van der Waals surface area contributed by atoms with Crippen molar-refractivity contribution in [2.24, 2.45) is 0 Å². The molecule has 0 amide bonds. The van der Waals surface area contributed by atoms with Crippen molar-refractivity contribution in [3.05, 3.63) is 81.1 Å². The standard InChI is InChI=1S/C19H14ClN5O6/c1-29-15-13(6-7-24-10-23-14-17(20)21-9-22-18(14)24)31-19(26)16(15)30-8-11-2-4-12(5-3-11)25(27)28/h2-6,9-10H,7-8H2,1H3/b13-6+. The summed E-state index contributed by atoms with van der Waals surface area (Å²) in [5.41, 5.74) is 1.59. The molecule has 0 N–H and O–H groups in total. The molecule has 3 heterocycles. The van der Waals surface area contributed by atoms with Gasteiger partial charge < -0.3 is 18.8 Å². The van der Waals surface area contributed by atoms with Crippen LogP contribution in [-0.4, -0.2) is 37.5 Å². The number of ether oxygens (including phenoxy) is 3. The van der Waals surface area contributed by atoms with Crippen LogP contribution in [0.2, 0.25) is 5.15 Å². The van der Waals surface area contributed by atoms with E-state index in [0.29, 0.717) is 16.7 Å². The Balaban J connectivity index is 1.52. The third kappa shape index (κ3) is 4.03. The average molecular weight is 444 g/mol. The van der Waals surface area contributed by atoms with Crippen LogP contribution in [-0.2, 0) is 32.2 Å². The third-order valence-corrected chi connectivity index (χ3v) is 4.66. The van der Waals surface area contributed by atoms with Gasteiger partial charge >= 0.3 is 5.97 Å². The van der Waals surface area contributed by atoms with E-state index in [1.54, 1.807) is 29.1 Å². The number of nitro benzene ring substituents is 1. The smallest absolute Gasteiger partial charge is 0.383 e. The maximum Gasteiger partial charge on any atom is 0.383 e. The first-order valence-electron chi connectivity index (χ1n) is 8.86. The van der Waals surface area contributed by atoms with E-state index in [1.807, 2.05) is 0 Å². The minimum atomic E-state index is -0.703. The molecule has 0 radical (unpaired) electrons. The largest absolute Gasteiger partial charge is 0.490 e. The van der Waals surface area contributed by atoms with Gasteiger partial charge in [-0.2, -0.15) is 0 Å². The monoisotopic (exact) mass is 443 g/mol. The van der Waals surface area contributed by atoms with E-state index in [4.69, 9.17) is 25.8 Å². The second-order valence-corrected chi connectivity index (χ2v) is 6.62. The van der Waals surface area contributed by atoms with E-state index in [0.717, 1.165) is 0 Å². The van der Waals surface area contributed by atoms with Crippen molar-refractivity contribution in [3.63, 3.8) is 0 Å². The number of methoxy groups -OCH3 is 1. The fraction of sp³-hybridized carbons (Fsp3) is 0.158. The number of non-ortho nitro benzene ring substituents is 1. The number of esters is 1. The predicted molar refractivity (Wildman–Crippen MR) is 106 cm³/mol. The number of allylic oxidation sites excluding steroid dienone is 1. The molecule has 4 rings (SSSR count). The summed E-state index contributed by atoms with van der Waals surface area (Å²) in [6.45, 7) is 0.277. The Kier molecular flexibility index (Phi) is 5.50. The number of fused-ring (bicyclic) bond motifs is 1. The fourth-order valence-corrected chi connectivity index (χ4v) is 3.06. The van der Waals surface area contributed by atoms with Gasteiger partial charge in [-0.05, 0) is 23.8 Å². The zero-order chi connectivity index (χ0) is 22.0. The number of halogens is 1. The van der Waals surface area contributed by atoms with Gasteiger partial charge in [0.05, 0.1) is 18.4 Å². The van der Waals surface area contributed by atoms with Crippen LogP contribution in [0.1, 0.15) is 5.56 Å². The lowest BCUT2D eigenvalue weighted by atomic mass is 10.2. The first-order valence-corrected chi connectivity index (χ1v) is 9.24. The van der Waals surface area contributed by atoms with Crippen LogP contribution in [0.15, 0.2) is 60.3 Å². The molecule has 1 aromatic carbocycles. The summed E-state index contributed by atoms with van der Waals surface area (Å²) in [5, 5.41) is 11.0. The predicted octanol–water partition coefficient (Wildman–Crippen LogP) is 2.90. The van der Waals surface area contributed by atoms with Gasteiger partial charge in [0.1, 0.15) is 18.5 Å². The molecule has 2 aromatic heterocycles. The molecular formula is C19H14ClN5O6. The van der Waals surface area contributed by atoms with Crippen molar-refractivity contribution in [1.29, 1.82) is 0 Å². The highest BCUT2D eigenvalue weighted by molar-refractivity contribution is 6.33. The summed E-state index contributed by atoms with van der Waals surface area (Å²) in [6.07, 6.45) is 4.49. The molecule has 0 saturated carbocycles. The molecule has 0 atom stereocenters. The number of imidazole rings is 1. The quantitative estimate of drug-likeness (QED) is 0.234. The molecule has 11 nitrogen and oxygen atoms in total. The van der Waals surface area contributed by atoms with Crippen LogP contribution in [0.25, 0.3) is 11.2 Å². The van der Waals surface area contributed by atoms with E-state index in [2.05, 4.69) is 15.0 Å². The number of benzene rings is 1. The van der Waals surface area contributed by atoms with E-state index >= 15 is 0 Å². The van der Waals surface area contributed by atoms with Crippen LogP contribution >= 0.6 is 11.6 Å². The highest BCUT2D eigenvalue weighted by Crippen LogP contribution is 2.29. The van der Waals surface area contributed by atoms with E-state index in [9.17, 15) is 14.9 Å². The van der Waals surface area contributed by atoms with Gasteiger partial charge in [0.2, 0.25) is 5.76 Å². The molecule has 0 spiro atoms. The fourth-order valence-electron chi connectivity index (χ4n) is 2.89. The maximum absolute atomic E-state index is 12.3. The molecule has 0 aliphatic carbocycles. The number of aromatic nitrogens is 4. The molecular weight excluding hydrogens is 430 g/mol. The summed E-state index contributed by atoms with van der Waals surface area (Å²) in [4.78, 5) is 34.7. The molecule has 3 aromatic rings. The van der Waals surface area contributed by atoms with Crippen LogP contribution in [0, 0.1) is 10.1 Å². The Labute approximate surface area is 179 Å². The van der Waals surface area contributed by atoms with Crippen LogP contribution in [0.5, 0.6) is 0 Å². The molecule has 1 aliphatic heterocycles. The van der Waals surface area contributed by atoms with E-state index in [-0.39, 0.29) is 41.3 Å². The zero-order valence-corrected chi connectivity index (χ0v) is 16.8. The van der Waals surface area contributed by atoms with Crippen LogP contribution in [0.3, 0.4) is 0 Å². The van der Waals surface area contributed by atoms with Crippen molar-refractivity contribution in [3.8, 4) is 0 Å². The number of hydrogen-bond acceptors (Lipinski definition) is 9. The van der Waals surface area contributed by atoms with Crippen molar-refractivity contribution < 1.29 is 23.9 Å². The van der Waals surface area contributed by atoms with E-state index < -0.39 is 10.9 Å². The number of rotatable bonds is 7. The highest BCUT2D eigenvalue weighted by Gasteiger charge is 2.33. The average Bonchev–Trinajstić information content (AvgIpc) is 3.32. The number of nitro groups is 1. The third-order valence-electron chi connectivity index (χ3n) is 4.38. The molecule has 31 heavy (non-hydrogen) atoms. The molecule has 158 valence electrons. The molecule has 0 saturated heterocycles. The molecule has 0 bridgehead atoms. The number of hydrogen-bond donors (Lipinski definition) is 0. The van der Waals surface area contributed by atoms with Crippen molar-refractivity contribution in [2.75, 3.05) is 7.11 Å². The first-order chi connectivity index (χ1) is 15.0. The van der Waals surface area contributed by atoms with E-state index in [1.165, 1.54) is 25.6 Å². The summed E-state index contributed by atoms with van der Waals surface area (Å²) >= 11 is 6.00. The van der Waals surface area contributed by atoms with Crippen LogP contribution < -0.4 is 0 Å².